The third-order valence-electron chi connectivity index (χ3n) is 2.62. The summed E-state index contributed by atoms with van der Waals surface area (Å²) >= 11 is 0. The molecule has 0 rings (SSSR count). The van der Waals surface area contributed by atoms with Crippen molar-refractivity contribution in [1.29, 1.82) is 0 Å². The van der Waals surface area contributed by atoms with E-state index in [-0.39, 0.29) is 6.10 Å². The van der Waals surface area contributed by atoms with Crippen LogP contribution < -0.4 is 0 Å². The van der Waals surface area contributed by atoms with Crippen LogP contribution >= 0.6 is 0 Å². The molecule has 0 aliphatic heterocycles. The van der Waals surface area contributed by atoms with Crippen molar-refractivity contribution in [3.8, 4) is 0 Å². The van der Waals surface area contributed by atoms with E-state index >= 15 is 0 Å². The Kier molecular flexibility index (Phi) is 3.73. The highest BCUT2D eigenvalue weighted by Crippen LogP contribution is 2.37. The van der Waals surface area contributed by atoms with Crippen molar-refractivity contribution in [2.45, 2.75) is 51.9 Å². The number of rotatable bonds is 3. The van der Waals surface area contributed by atoms with E-state index in [0.717, 1.165) is 0 Å². The average molecular weight is 186 g/mol. The smallest absolute Gasteiger partial charge is 0.192 e. The van der Waals surface area contributed by atoms with Gasteiger partial charge in [-0.15, -0.1) is 6.58 Å². The van der Waals surface area contributed by atoms with Gasteiger partial charge in [0.15, 0.2) is 8.32 Å². The van der Waals surface area contributed by atoms with Crippen LogP contribution in [0.1, 0.15) is 27.7 Å². The van der Waals surface area contributed by atoms with Gasteiger partial charge >= 0.3 is 0 Å². The van der Waals surface area contributed by atoms with Gasteiger partial charge in [-0.2, -0.15) is 0 Å². The molecule has 0 saturated heterocycles. The Hall–Kier alpha value is -0.0831. The van der Waals surface area contributed by atoms with Gasteiger partial charge in [0.05, 0.1) is 6.10 Å². The third-order valence-corrected chi connectivity index (χ3v) is 7.19. The molecule has 0 N–H and O–H groups in total. The summed E-state index contributed by atoms with van der Waals surface area (Å²) in [5.41, 5.74) is 0. The number of hydrogen-bond acceptors (Lipinski definition) is 1. The van der Waals surface area contributed by atoms with Crippen LogP contribution in [0.3, 0.4) is 0 Å². The highest BCUT2D eigenvalue weighted by molar-refractivity contribution is 6.74. The second kappa shape index (κ2) is 3.75. The second-order valence-corrected chi connectivity index (χ2v) is 9.58. The molecule has 0 aromatic carbocycles. The molecular weight excluding hydrogens is 164 g/mol. The van der Waals surface area contributed by atoms with Crippen LogP contribution in [0.5, 0.6) is 0 Å². The van der Waals surface area contributed by atoms with Gasteiger partial charge in [0.2, 0.25) is 0 Å². The Labute approximate surface area is 78.0 Å². The maximum absolute atomic E-state index is 5.97. The van der Waals surface area contributed by atoms with Crippen LogP contribution in [0.4, 0.5) is 0 Å². The lowest BCUT2D eigenvalue weighted by atomic mass is 10.2. The summed E-state index contributed by atoms with van der Waals surface area (Å²) in [5.74, 6) is 0. The molecular formula is C10H22OSi. The lowest BCUT2D eigenvalue weighted by Gasteiger charge is -2.37. The fourth-order valence-corrected chi connectivity index (χ4v) is 2.07. The van der Waals surface area contributed by atoms with Crippen molar-refractivity contribution in [3.05, 3.63) is 12.7 Å². The van der Waals surface area contributed by atoms with E-state index in [2.05, 4.69) is 40.4 Å². The summed E-state index contributed by atoms with van der Waals surface area (Å²) in [7, 11) is -1.56. The molecule has 0 saturated carbocycles. The van der Waals surface area contributed by atoms with Crippen LogP contribution in [0, 0.1) is 0 Å². The Balaban J connectivity index is 4.32. The molecule has 0 radical (unpaired) electrons. The molecule has 0 amide bonds. The largest absolute Gasteiger partial charge is 0.411 e. The summed E-state index contributed by atoms with van der Waals surface area (Å²) in [4.78, 5) is 0. The van der Waals surface area contributed by atoms with Crippen molar-refractivity contribution in [1.82, 2.24) is 0 Å². The SMILES string of the molecule is C=C[C@@H](C)O[Si](C)(C)C(C)(C)C. The van der Waals surface area contributed by atoms with Crippen molar-refractivity contribution in [3.63, 3.8) is 0 Å². The summed E-state index contributed by atoms with van der Waals surface area (Å²) in [6, 6.07) is 0. The normalized spacial score (nSPS) is 15.8. The van der Waals surface area contributed by atoms with Crippen molar-refractivity contribution < 1.29 is 4.43 Å². The second-order valence-electron chi connectivity index (χ2n) is 4.82. The van der Waals surface area contributed by atoms with Gasteiger partial charge in [0, 0.05) is 0 Å². The molecule has 1 nitrogen and oxygen atoms in total. The molecule has 72 valence electrons. The first-order chi connectivity index (χ1) is 5.20. The highest BCUT2D eigenvalue weighted by atomic mass is 28.4. The van der Waals surface area contributed by atoms with Gasteiger partial charge in [-0.3, -0.25) is 0 Å². The maximum Gasteiger partial charge on any atom is 0.192 e. The van der Waals surface area contributed by atoms with E-state index in [4.69, 9.17) is 4.43 Å². The molecule has 0 aromatic heterocycles. The van der Waals surface area contributed by atoms with E-state index in [0.29, 0.717) is 5.04 Å². The first-order valence-electron chi connectivity index (χ1n) is 4.51. The third kappa shape index (κ3) is 3.11. The fraction of sp³-hybridized carbons (Fsp3) is 0.800. The summed E-state index contributed by atoms with van der Waals surface area (Å²) in [6.07, 6.45) is 2.05. The summed E-state index contributed by atoms with van der Waals surface area (Å²) in [6.45, 7) is 17.0. The quantitative estimate of drug-likeness (QED) is 0.483. The summed E-state index contributed by atoms with van der Waals surface area (Å²) < 4.78 is 5.97. The van der Waals surface area contributed by atoms with Gasteiger partial charge in [-0.05, 0) is 25.1 Å². The predicted octanol–water partition coefficient (Wildman–Crippen LogP) is 3.58. The standard InChI is InChI=1S/C10H22OSi/c1-8-9(2)11-12(6,7)10(3,4)5/h8-9H,1H2,2-7H3/t9-/m1/s1. The van der Waals surface area contributed by atoms with Crippen molar-refractivity contribution >= 4 is 8.32 Å². The molecule has 12 heavy (non-hydrogen) atoms. The van der Waals surface area contributed by atoms with E-state index < -0.39 is 8.32 Å². The molecule has 0 unspecified atom stereocenters. The minimum atomic E-state index is -1.56. The minimum absolute atomic E-state index is 0.186. The zero-order valence-corrected chi connectivity index (χ0v) is 10.3. The van der Waals surface area contributed by atoms with Crippen LogP contribution in [0.15, 0.2) is 12.7 Å². The van der Waals surface area contributed by atoms with Crippen LogP contribution in [-0.4, -0.2) is 14.4 Å². The molecule has 1 atom stereocenters. The predicted molar refractivity (Wildman–Crippen MR) is 57.9 cm³/mol. The van der Waals surface area contributed by atoms with Crippen molar-refractivity contribution in [2.75, 3.05) is 0 Å². The summed E-state index contributed by atoms with van der Waals surface area (Å²) in [5, 5.41) is 0.296. The molecule has 0 aliphatic carbocycles. The topological polar surface area (TPSA) is 9.23 Å². The van der Waals surface area contributed by atoms with E-state index in [1.807, 2.05) is 13.0 Å². The zero-order chi connectivity index (χ0) is 9.99. The fourth-order valence-electron chi connectivity index (χ4n) is 0.690. The highest BCUT2D eigenvalue weighted by Gasteiger charge is 2.37. The molecule has 0 aromatic rings. The Bertz CT molecular complexity index is 156. The van der Waals surface area contributed by atoms with Gasteiger partial charge < -0.3 is 4.43 Å². The maximum atomic E-state index is 5.97. The van der Waals surface area contributed by atoms with Crippen molar-refractivity contribution in [2.24, 2.45) is 0 Å². The van der Waals surface area contributed by atoms with Gasteiger partial charge in [-0.25, -0.2) is 0 Å². The molecule has 0 spiro atoms. The zero-order valence-electron chi connectivity index (χ0n) is 9.27. The molecule has 0 bridgehead atoms. The first-order valence-corrected chi connectivity index (χ1v) is 7.42. The van der Waals surface area contributed by atoms with E-state index in [1.165, 1.54) is 0 Å². The van der Waals surface area contributed by atoms with Gasteiger partial charge in [0.25, 0.3) is 0 Å². The Morgan fingerprint density at radius 2 is 1.75 bits per heavy atom. The van der Waals surface area contributed by atoms with Crippen LogP contribution in [0.25, 0.3) is 0 Å². The molecule has 2 heteroatoms. The molecule has 0 fully saturated rings. The molecule has 0 heterocycles. The lowest BCUT2D eigenvalue weighted by Crippen LogP contribution is -2.42. The monoisotopic (exact) mass is 186 g/mol. The van der Waals surface area contributed by atoms with Gasteiger partial charge in [0.1, 0.15) is 0 Å². The number of hydrogen-bond donors (Lipinski definition) is 0. The van der Waals surface area contributed by atoms with Gasteiger partial charge in [-0.1, -0.05) is 26.8 Å². The van der Waals surface area contributed by atoms with Crippen LogP contribution in [-0.2, 0) is 4.43 Å². The van der Waals surface area contributed by atoms with E-state index in [1.54, 1.807) is 0 Å². The van der Waals surface area contributed by atoms with Crippen LogP contribution in [0.2, 0.25) is 18.1 Å². The lowest BCUT2D eigenvalue weighted by molar-refractivity contribution is 0.243. The minimum Gasteiger partial charge on any atom is -0.411 e. The molecule has 0 aliphatic rings. The Morgan fingerprint density at radius 1 is 1.33 bits per heavy atom. The Morgan fingerprint density at radius 3 is 2.00 bits per heavy atom. The average Bonchev–Trinajstić information content (AvgIpc) is 1.84. The van der Waals surface area contributed by atoms with E-state index in [9.17, 15) is 0 Å². The first kappa shape index (κ1) is 11.9.